The van der Waals surface area contributed by atoms with E-state index < -0.39 is 6.23 Å². The number of thioether (sulfide) groups is 1. The van der Waals surface area contributed by atoms with Crippen LogP contribution in [0.4, 0.5) is 0 Å². The van der Waals surface area contributed by atoms with Crippen molar-refractivity contribution < 1.29 is 14.2 Å². The number of aryl methyl sites for hydroxylation is 1. The Morgan fingerprint density at radius 3 is 2.81 bits per heavy atom. The molecule has 0 spiro atoms. The van der Waals surface area contributed by atoms with Crippen LogP contribution in [0.15, 0.2) is 35.6 Å². The number of rotatable bonds is 11. The summed E-state index contributed by atoms with van der Waals surface area (Å²) in [5.74, 6) is 0. The molecule has 9 heteroatoms. The standard InChI is InChI=1S/C17H25ClN4O3S/c1-4-24-11-16(19)25-17(26-14-7-13(18)8-20-9-14)15(23-3)10-22-6-5-12(2)21-22/h5-9,15-17H,4,10-11,19H2,1-3H3/t15-,16?,17?/m0/s1. The summed E-state index contributed by atoms with van der Waals surface area (Å²) >= 11 is 7.49. The summed E-state index contributed by atoms with van der Waals surface area (Å²) in [6, 6.07) is 3.77. The van der Waals surface area contributed by atoms with Gasteiger partial charge >= 0.3 is 0 Å². The Morgan fingerprint density at radius 1 is 1.38 bits per heavy atom. The quantitative estimate of drug-likeness (QED) is 0.458. The fourth-order valence-electron chi connectivity index (χ4n) is 2.25. The van der Waals surface area contributed by atoms with Gasteiger partial charge in [-0.1, -0.05) is 23.4 Å². The third-order valence-electron chi connectivity index (χ3n) is 3.47. The minimum atomic E-state index is -0.573. The number of hydrogen-bond donors (Lipinski definition) is 1. The van der Waals surface area contributed by atoms with Gasteiger partial charge in [0.1, 0.15) is 17.8 Å². The van der Waals surface area contributed by atoms with Gasteiger partial charge in [-0.05, 0) is 26.0 Å². The fraction of sp³-hybridized carbons (Fsp3) is 0.529. The third-order valence-corrected chi connectivity index (χ3v) is 4.82. The highest BCUT2D eigenvalue weighted by molar-refractivity contribution is 7.99. The summed E-state index contributed by atoms with van der Waals surface area (Å²) in [5, 5.41) is 4.97. The number of nitrogens with two attached hydrogens (primary N) is 1. The van der Waals surface area contributed by atoms with E-state index in [1.807, 2.05) is 36.9 Å². The molecule has 2 N–H and O–H groups in total. The van der Waals surface area contributed by atoms with Crippen LogP contribution >= 0.6 is 23.4 Å². The van der Waals surface area contributed by atoms with Gasteiger partial charge in [0.05, 0.1) is 23.9 Å². The summed E-state index contributed by atoms with van der Waals surface area (Å²) in [6.07, 6.45) is 4.36. The van der Waals surface area contributed by atoms with Crippen molar-refractivity contribution >= 4 is 23.4 Å². The predicted molar refractivity (Wildman–Crippen MR) is 102 cm³/mol. The lowest BCUT2D eigenvalue weighted by atomic mass is 10.3. The number of ether oxygens (including phenoxy) is 3. The summed E-state index contributed by atoms with van der Waals surface area (Å²) in [7, 11) is 1.64. The Labute approximate surface area is 163 Å². The molecule has 2 unspecified atom stereocenters. The molecule has 26 heavy (non-hydrogen) atoms. The van der Waals surface area contributed by atoms with Gasteiger partial charge in [0, 0.05) is 37.2 Å². The minimum Gasteiger partial charge on any atom is -0.378 e. The normalized spacial score (nSPS) is 15.0. The number of aromatic nitrogens is 3. The zero-order valence-electron chi connectivity index (χ0n) is 15.2. The fourth-order valence-corrected chi connectivity index (χ4v) is 3.62. The van der Waals surface area contributed by atoms with Crippen LogP contribution in [-0.4, -0.2) is 52.9 Å². The highest BCUT2D eigenvalue weighted by atomic mass is 35.5. The van der Waals surface area contributed by atoms with Crippen LogP contribution in [0.5, 0.6) is 0 Å². The molecule has 0 bridgehead atoms. The molecule has 0 amide bonds. The van der Waals surface area contributed by atoms with E-state index in [1.54, 1.807) is 19.5 Å². The van der Waals surface area contributed by atoms with Crippen molar-refractivity contribution in [3.05, 3.63) is 41.4 Å². The van der Waals surface area contributed by atoms with Gasteiger partial charge < -0.3 is 19.9 Å². The van der Waals surface area contributed by atoms with Crippen LogP contribution < -0.4 is 5.73 Å². The van der Waals surface area contributed by atoms with Crippen molar-refractivity contribution in [2.24, 2.45) is 5.73 Å². The predicted octanol–water partition coefficient (Wildman–Crippen LogP) is 2.71. The zero-order valence-corrected chi connectivity index (χ0v) is 16.7. The molecule has 2 aromatic rings. The molecule has 7 nitrogen and oxygen atoms in total. The van der Waals surface area contributed by atoms with E-state index in [4.69, 9.17) is 31.5 Å². The maximum Gasteiger partial charge on any atom is 0.137 e. The highest BCUT2D eigenvalue weighted by Crippen LogP contribution is 2.29. The van der Waals surface area contributed by atoms with Crippen LogP contribution in [0.2, 0.25) is 5.02 Å². The summed E-state index contributed by atoms with van der Waals surface area (Å²) < 4.78 is 18.9. The molecule has 2 heterocycles. The Balaban J connectivity index is 2.13. The van der Waals surface area contributed by atoms with Crippen molar-refractivity contribution in [2.45, 2.75) is 43.1 Å². The van der Waals surface area contributed by atoms with Gasteiger partial charge in [-0.15, -0.1) is 0 Å². The van der Waals surface area contributed by atoms with Gasteiger partial charge in [0.15, 0.2) is 0 Å². The molecule has 0 saturated carbocycles. The van der Waals surface area contributed by atoms with Crippen molar-refractivity contribution in [3.8, 4) is 0 Å². The maximum atomic E-state index is 6.05. The topological polar surface area (TPSA) is 84.4 Å². The molecule has 0 aliphatic carbocycles. The van der Waals surface area contributed by atoms with Crippen LogP contribution in [0.1, 0.15) is 12.6 Å². The van der Waals surface area contributed by atoms with Crippen LogP contribution in [0.3, 0.4) is 0 Å². The molecule has 0 radical (unpaired) electrons. The first-order chi connectivity index (χ1) is 12.5. The van der Waals surface area contributed by atoms with E-state index >= 15 is 0 Å². The lowest BCUT2D eigenvalue weighted by Crippen LogP contribution is -2.40. The minimum absolute atomic E-state index is 0.286. The van der Waals surface area contributed by atoms with E-state index in [2.05, 4.69) is 10.1 Å². The first kappa shape index (κ1) is 21.1. The second kappa shape index (κ2) is 10.9. The van der Waals surface area contributed by atoms with E-state index in [0.717, 1.165) is 10.6 Å². The van der Waals surface area contributed by atoms with E-state index in [-0.39, 0.29) is 11.5 Å². The molecule has 0 aliphatic heterocycles. The highest BCUT2D eigenvalue weighted by Gasteiger charge is 2.27. The first-order valence-corrected chi connectivity index (χ1v) is 9.56. The molecular weight excluding hydrogens is 376 g/mol. The van der Waals surface area contributed by atoms with Crippen molar-refractivity contribution in [1.82, 2.24) is 14.8 Å². The average Bonchev–Trinajstić information content (AvgIpc) is 3.02. The second-order valence-corrected chi connectivity index (χ2v) is 7.22. The Bertz CT molecular complexity index is 673. The number of methoxy groups -OCH3 is 1. The third kappa shape index (κ3) is 6.86. The molecular formula is C17H25ClN4O3S. The van der Waals surface area contributed by atoms with Gasteiger partial charge in [0.2, 0.25) is 0 Å². The lowest BCUT2D eigenvalue weighted by Gasteiger charge is -2.28. The molecule has 2 rings (SSSR count). The van der Waals surface area contributed by atoms with Gasteiger partial charge in [-0.25, -0.2) is 0 Å². The number of pyridine rings is 1. The Kier molecular flexibility index (Phi) is 8.83. The molecule has 144 valence electrons. The Hall–Kier alpha value is -1.16. The molecule has 0 aromatic carbocycles. The monoisotopic (exact) mass is 400 g/mol. The molecule has 2 aromatic heterocycles. The SMILES string of the molecule is CCOCC(N)OC(Sc1cncc(Cl)c1)[C@H](Cn1ccc(C)n1)OC. The number of halogens is 1. The number of hydrogen-bond acceptors (Lipinski definition) is 7. The van der Waals surface area contributed by atoms with E-state index in [9.17, 15) is 0 Å². The van der Waals surface area contributed by atoms with Crippen molar-refractivity contribution in [1.29, 1.82) is 0 Å². The first-order valence-electron chi connectivity index (χ1n) is 8.30. The number of nitrogens with zero attached hydrogens (tertiary/aromatic N) is 3. The molecule has 0 fully saturated rings. The molecule has 0 saturated heterocycles. The van der Waals surface area contributed by atoms with Crippen molar-refractivity contribution in [2.75, 3.05) is 20.3 Å². The van der Waals surface area contributed by atoms with Gasteiger partial charge in [-0.2, -0.15) is 5.10 Å². The van der Waals surface area contributed by atoms with Gasteiger partial charge in [0.25, 0.3) is 0 Å². The van der Waals surface area contributed by atoms with Crippen LogP contribution in [0.25, 0.3) is 0 Å². The zero-order chi connectivity index (χ0) is 18.9. The summed E-state index contributed by atoms with van der Waals surface area (Å²) in [5.41, 5.74) is 6.61. The average molecular weight is 401 g/mol. The largest absolute Gasteiger partial charge is 0.378 e. The van der Waals surface area contributed by atoms with Crippen molar-refractivity contribution in [3.63, 3.8) is 0 Å². The van der Waals surface area contributed by atoms with Crippen LogP contribution in [-0.2, 0) is 20.8 Å². The molecule has 0 aliphatic rings. The van der Waals surface area contributed by atoms with E-state index in [0.29, 0.717) is 24.8 Å². The summed E-state index contributed by atoms with van der Waals surface area (Å²) in [6.45, 7) is 5.26. The second-order valence-electron chi connectivity index (χ2n) is 5.61. The van der Waals surface area contributed by atoms with E-state index in [1.165, 1.54) is 11.8 Å². The Morgan fingerprint density at radius 2 is 2.19 bits per heavy atom. The molecule has 3 atom stereocenters. The lowest BCUT2D eigenvalue weighted by molar-refractivity contribution is -0.0753. The van der Waals surface area contributed by atoms with Gasteiger partial charge in [-0.3, -0.25) is 9.67 Å². The maximum absolute atomic E-state index is 6.05. The van der Waals surface area contributed by atoms with Crippen LogP contribution in [0, 0.1) is 6.92 Å². The smallest absolute Gasteiger partial charge is 0.137 e. The summed E-state index contributed by atoms with van der Waals surface area (Å²) in [4.78, 5) is 4.98.